The van der Waals surface area contributed by atoms with Crippen LogP contribution in [0, 0.1) is 11.8 Å². The van der Waals surface area contributed by atoms with E-state index in [1.165, 1.54) is 38.1 Å². The van der Waals surface area contributed by atoms with Crippen molar-refractivity contribution in [2.75, 3.05) is 14.1 Å². The highest BCUT2D eigenvalue weighted by atomic mass is 16.3. The van der Waals surface area contributed by atoms with Crippen molar-refractivity contribution in [2.45, 2.75) is 31.4 Å². The number of carbonyl (C=O) groups is 4. The molecule has 1 amide bonds. The Kier molecular flexibility index (Phi) is 4.99. The van der Waals surface area contributed by atoms with Crippen molar-refractivity contribution in [3.05, 3.63) is 45.7 Å². The van der Waals surface area contributed by atoms with Crippen molar-refractivity contribution in [2.24, 2.45) is 17.6 Å². The number of aromatic hydroxyl groups is 1. The Morgan fingerprint density at radius 3 is 2.33 bits per heavy atom. The highest BCUT2D eigenvalue weighted by Gasteiger charge is 2.64. The number of amides is 1. The van der Waals surface area contributed by atoms with Gasteiger partial charge in [0.2, 0.25) is 5.78 Å². The van der Waals surface area contributed by atoms with Crippen molar-refractivity contribution >= 4 is 29.0 Å². The molecule has 6 N–H and O–H groups in total. The van der Waals surface area contributed by atoms with Crippen LogP contribution in [0.4, 0.5) is 0 Å². The molecule has 3 aliphatic rings. The van der Waals surface area contributed by atoms with Gasteiger partial charge in [-0.15, -0.1) is 0 Å². The zero-order valence-electron chi connectivity index (χ0n) is 18.2. The largest absolute Gasteiger partial charge is 0.508 e. The standard InChI is InChI=1S/C23H24N2O8/c1-8(26)10-4-5-13(27)15-11(10)6-9-7-12-17(25(2)3)19(29)16(22(24)32)21(31)23(12,33)20(30)14(9)18(15)28/h4-5,9,12,17,27-28,31,33H,6-7H2,1-3H3,(H2,24,32)/t9-,12?,17-,23-/m0/s1. The SMILES string of the molecule is CC(=O)c1ccc(O)c2c1C[C@H]1CC3[C@H](N(C)C)C(=O)C(C(N)=O)=C(O)[C@@]3(O)C(=O)C1=C2O. The van der Waals surface area contributed by atoms with Crippen LogP contribution in [0.3, 0.4) is 0 Å². The Bertz CT molecular complexity index is 1210. The number of likely N-dealkylation sites (N-methyl/N-ethyl adjacent to an activating group) is 1. The number of hydrogen-bond donors (Lipinski definition) is 5. The zero-order chi connectivity index (χ0) is 24.6. The van der Waals surface area contributed by atoms with Crippen LogP contribution in [0.2, 0.25) is 0 Å². The summed E-state index contributed by atoms with van der Waals surface area (Å²) in [5.41, 5.74) is 2.01. The molecule has 0 bridgehead atoms. The topological polar surface area (TPSA) is 178 Å². The molecule has 10 nitrogen and oxygen atoms in total. The fraction of sp³-hybridized carbons (Fsp3) is 0.391. The molecule has 0 aromatic heterocycles. The van der Waals surface area contributed by atoms with E-state index in [1.807, 2.05) is 0 Å². The summed E-state index contributed by atoms with van der Waals surface area (Å²) in [6.07, 6.45) is 0.0522. The average molecular weight is 456 g/mol. The van der Waals surface area contributed by atoms with Crippen LogP contribution in [0.25, 0.3) is 5.76 Å². The monoisotopic (exact) mass is 456 g/mol. The first-order chi connectivity index (χ1) is 15.3. The number of hydrogen-bond acceptors (Lipinski definition) is 9. The third kappa shape index (κ3) is 2.87. The van der Waals surface area contributed by atoms with E-state index in [1.54, 1.807) is 0 Å². The summed E-state index contributed by atoms with van der Waals surface area (Å²) in [6, 6.07) is 1.50. The summed E-state index contributed by atoms with van der Waals surface area (Å²) < 4.78 is 0. The van der Waals surface area contributed by atoms with Crippen molar-refractivity contribution in [1.29, 1.82) is 0 Å². The maximum atomic E-state index is 13.6. The molecule has 0 heterocycles. The number of rotatable bonds is 3. The van der Waals surface area contributed by atoms with Gasteiger partial charge in [-0.05, 0) is 57.5 Å². The normalized spacial score (nSPS) is 29.1. The van der Waals surface area contributed by atoms with E-state index in [-0.39, 0.29) is 41.1 Å². The summed E-state index contributed by atoms with van der Waals surface area (Å²) in [5.74, 6) is -7.48. The number of benzene rings is 1. The van der Waals surface area contributed by atoms with Crippen LogP contribution in [0.5, 0.6) is 5.75 Å². The molecule has 33 heavy (non-hydrogen) atoms. The minimum atomic E-state index is -2.68. The lowest BCUT2D eigenvalue weighted by molar-refractivity contribution is -0.153. The number of fused-ring (bicyclic) bond motifs is 3. The van der Waals surface area contributed by atoms with Crippen LogP contribution in [-0.4, -0.2) is 74.3 Å². The molecule has 4 atom stereocenters. The number of phenolic OH excluding ortho intramolecular Hbond substituents is 1. The van der Waals surface area contributed by atoms with Crippen molar-refractivity contribution in [3.8, 4) is 5.75 Å². The van der Waals surface area contributed by atoms with Crippen molar-refractivity contribution in [1.82, 2.24) is 4.90 Å². The molecule has 1 aromatic rings. The smallest absolute Gasteiger partial charge is 0.255 e. The van der Waals surface area contributed by atoms with Gasteiger partial charge in [0.05, 0.1) is 11.6 Å². The molecule has 0 spiro atoms. The number of phenols is 1. The molecule has 3 aliphatic carbocycles. The van der Waals surface area contributed by atoms with E-state index < -0.39 is 58.0 Å². The van der Waals surface area contributed by atoms with Gasteiger partial charge in [0.25, 0.3) is 5.91 Å². The summed E-state index contributed by atoms with van der Waals surface area (Å²) in [4.78, 5) is 52.2. The van der Waals surface area contributed by atoms with Gasteiger partial charge in [0.1, 0.15) is 22.8 Å². The first-order valence-corrected chi connectivity index (χ1v) is 10.3. The molecular formula is C23H24N2O8. The van der Waals surface area contributed by atoms with Gasteiger partial charge in [-0.2, -0.15) is 0 Å². The quantitative estimate of drug-likeness (QED) is 0.313. The van der Waals surface area contributed by atoms with E-state index in [0.29, 0.717) is 5.56 Å². The Morgan fingerprint density at radius 1 is 1.15 bits per heavy atom. The number of aliphatic hydroxyl groups excluding tert-OH is 2. The second-order valence-electron chi connectivity index (χ2n) is 9.00. The highest BCUT2D eigenvalue weighted by molar-refractivity contribution is 6.24. The fourth-order valence-corrected chi connectivity index (χ4v) is 5.57. The summed E-state index contributed by atoms with van der Waals surface area (Å²) >= 11 is 0. The first-order valence-electron chi connectivity index (χ1n) is 10.3. The van der Waals surface area contributed by atoms with E-state index in [2.05, 4.69) is 0 Å². The van der Waals surface area contributed by atoms with Crippen molar-refractivity contribution < 1.29 is 39.6 Å². The van der Waals surface area contributed by atoms with Gasteiger partial charge in [0, 0.05) is 17.1 Å². The molecule has 1 saturated carbocycles. The molecular weight excluding hydrogens is 432 g/mol. The maximum Gasteiger partial charge on any atom is 0.255 e. The molecule has 1 aromatic carbocycles. The lowest BCUT2D eigenvalue weighted by Gasteiger charge is -2.50. The number of ketones is 3. The molecule has 0 radical (unpaired) electrons. The van der Waals surface area contributed by atoms with Gasteiger partial charge < -0.3 is 26.2 Å². The van der Waals surface area contributed by atoms with Gasteiger partial charge in [-0.1, -0.05) is 0 Å². The Balaban J connectivity index is 2.00. The van der Waals surface area contributed by atoms with Crippen LogP contribution in [0.15, 0.2) is 29.0 Å². The number of Topliss-reactive ketones (excluding diaryl/α,β-unsaturated/α-hetero) is 3. The van der Waals surface area contributed by atoms with Crippen molar-refractivity contribution in [3.63, 3.8) is 0 Å². The molecule has 1 fully saturated rings. The molecule has 174 valence electrons. The average Bonchev–Trinajstić information content (AvgIpc) is 2.70. The lowest BCUT2D eigenvalue weighted by Crippen LogP contribution is -2.65. The summed E-state index contributed by atoms with van der Waals surface area (Å²) in [5, 5.41) is 43.6. The van der Waals surface area contributed by atoms with E-state index in [9.17, 15) is 39.6 Å². The van der Waals surface area contributed by atoms with E-state index >= 15 is 0 Å². The minimum absolute atomic E-state index is 0.0290. The number of aliphatic hydroxyl groups is 3. The zero-order valence-corrected chi connectivity index (χ0v) is 18.2. The van der Waals surface area contributed by atoms with Crippen LogP contribution in [-0.2, 0) is 20.8 Å². The Hall–Kier alpha value is -3.50. The van der Waals surface area contributed by atoms with E-state index in [4.69, 9.17) is 5.73 Å². The van der Waals surface area contributed by atoms with Crippen LogP contribution >= 0.6 is 0 Å². The molecule has 1 unspecified atom stereocenters. The first kappa shape index (κ1) is 22.7. The van der Waals surface area contributed by atoms with Gasteiger partial charge in [0.15, 0.2) is 17.2 Å². The number of nitrogens with two attached hydrogens (primary N) is 1. The second kappa shape index (κ2) is 7.26. The number of nitrogens with zero attached hydrogens (tertiary/aromatic N) is 1. The molecule has 0 aliphatic heterocycles. The predicted octanol–water partition coefficient (Wildman–Crippen LogP) is 0.167. The molecule has 10 heteroatoms. The van der Waals surface area contributed by atoms with Gasteiger partial charge in [-0.3, -0.25) is 24.1 Å². The van der Waals surface area contributed by atoms with E-state index in [0.717, 1.165) is 0 Å². The third-order valence-corrected chi connectivity index (χ3v) is 6.98. The van der Waals surface area contributed by atoms with Crippen LogP contribution < -0.4 is 5.73 Å². The molecule has 4 rings (SSSR count). The fourth-order valence-electron chi connectivity index (χ4n) is 5.57. The molecule has 0 saturated heterocycles. The second-order valence-corrected chi connectivity index (χ2v) is 9.00. The third-order valence-electron chi connectivity index (χ3n) is 6.98. The highest BCUT2D eigenvalue weighted by Crippen LogP contribution is 2.52. The minimum Gasteiger partial charge on any atom is -0.508 e. The maximum absolute atomic E-state index is 13.6. The van der Waals surface area contributed by atoms with Gasteiger partial charge >= 0.3 is 0 Å². The Labute approximate surface area is 188 Å². The summed E-state index contributed by atoms with van der Waals surface area (Å²) in [6.45, 7) is 1.34. The summed E-state index contributed by atoms with van der Waals surface area (Å²) in [7, 11) is 3.05. The van der Waals surface area contributed by atoms with Gasteiger partial charge in [-0.25, -0.2) is 0 Å². The van der Waals surface area contributed by atoms with Crippen LogP contribution in [0.1, 0.15) is 34.8 Å². The lowest BCUT2D eigenvalue weighted by atomic mass is 9.57. The predicted molar refractivity (Wildman–Crippen MR) is 114 cm³/mol. The Morgan fingerprint density at radius 2 is 1.79 bits per heavy atom. The number of carbonyl (C=O) groups excluding carboxylic acids is 4. The number of primary amides is 1.